The van der Waals surface area contributed by atoms with Gasteiger partial charge in [-0.05, 0) is 31.4 Å². The van der Waals surface area contributed by atoms with E-state index >= 15 is 0 Å². The molecule has 2 heteroatoms. The van der Waals surface area contributed by atoms with Gasteiger partial charge in [-0.25, -0.2) is 0 Å². The fourth-order valence-corrected chi connectivity index (χ4v) is 2.59. The zero-order chi connectivity index (χ0) is 15.6. The normalized spacial score (nSPS) is 15.7. The second-order valence-electron chi connectivity index (χ2n) is 5.89. The van der Waals surface area contributed by atoms with Gasteiger partial charge in [0.15, 0.2) is 11.6 Å². The van der Waals surface area contributed by atoms with Crippen LogP contribution in [-0.2, 0) is 4.79 Å². The summed E-state index contributed by atoms with van der Waals surface area (Å²) in [4.78, 5) is 25.0. The van der Waals surface area contributed by atoms with Gasteiger partial charge >= 0.3 is 0 Å². The maximum absolute atomic E-state index is 12.6. The predicted octanol–water partition coefficient (Wildman–Crippen LogP) is 4.24. The Morgan fingerprint density at radius 2 is 1.59 bits per heavy atom. The number of rotatable bonds is 5. The molecule has 0 bridgehead atoms. The highest BCUT2D eigenvalue weighted by Crippen LogP contribution is 2.49. The monoisotopic (exact) mass is 290 g/mol. The first-order chi connectivity index (χ1) is 10.6. The Balaban J connectivity index is 1.77. The lowest BCUT2D eigenvalue weighted by Crippen LogP contribution is -2.24. The van der Waals surface area contributed by atoms with Crippen molar-refractivity contribution < 1.29 is 9.59 Å². The summed E-state index contributed by atoms with van der Waals surface area (Å²) in [5.41, 5.74) is 1.96. The Bertz CT molecular complexity index is 720. The van der Waals surface area contributed by atoms with Gasteiger partial charge < -0.3 is 0 Å². The number of hydrogen-bond acceptors (Lipinski definition) is 2. The molecule has 0 radical (unpaired) electrons. The van der Waals surface area contributed by atoms with Crippen LogP contribution in [0.3, 0.4) is 0 Å². The molecule has 0 aliphatic heterocycles. The molecule has 0 aromatic heterocycles. The Hall–Kier alpha value is -2.48. The van der Waals surface area contributed by atoms with Crippen molar-refractivity contribution in [1.82, 2.24) is 0 Å². The van der Waals surface area contributed by atoms with E-state index in [9.17, 15) is 9.59 Å². The van der Waals surface area contributed by atoms with Crippen molar-refractivity contribution in [1.29, 1.82) is 0 Å². The second-order valence-corrected chi connectivity index (χ2v) is 5.89. The van der Waals surface area contributed by atoms with Gasteiger partial charge in [0.2, 0.25) is 0 Å². The van der Waals surface area contributed by atoms with Crippen LogP contribution in [-0.4, -0.2) is 11.6 Å². The number of carbonyl (C=O) groups excluding carboxylic acids is 2. The van der Waals surface area contributed by atoms with Gasteiger partial charge in [-0.3, -0.25) is 9.59 Å². The van der Waals surface area contributed by atoms with Crippen molar-refractivity contribution in [2.24, 2.45) is 5.41 Å². The van der Waals surface area contributed by atoms with E-state index < -0.39 is 5.41 Å². The zero-order valence-corrected chi connectivity index (χ0v) is 12.6. The average Bonchev–Trinajstić information content (AvgIpc) is 3.36. The fourth-order valence-electron chi connectivity index (χ4n) is 2.59. The molecule has 3 rings (SSSR count). The summed E-state index contributed by atoms with van der Waals surface area (Å²) in [6, 6.07) is 17.0. The van der Waals surface area contributed by atoms with E-state index in [4.69, 9.17) is 0 Å². The molecule has 2 nitrogen and oxygen atoms in total. The SMILES string of the molecule is Cc1ccc(/C=C\C(=O)C2(C(=O)c3ccccc3)CC2)cc1. The van der Waals surface area contributed by atoms with Gasteiger partial charge in [0, 0.05) is 5.56 Å². The van der Waals surface area contributed by atoms with E-state index in [-0.39, 0.29) is 11.6 Å². The van der Waals surface area contributed by atoms with Gasteiger partial charge in [0.25, 0.3) is 0 Å². The first-order valence-corrected chi connectivity index (χ1v) is 7.51. The molecule has 0 saturated heterocycles. The van der Waals surface area contributed by atoms with Gasteiger partial charge in [-0.2, -0.15) is 0 Å². The summed E-state index contributed by atoms with van der Waals surface area (Å²) in [5.74, 6) is -0.131. The molecule has 0 spiro atoms. The van der Waals surface area contributed by atoms with Crippen molar-refractivity contribution in [3.63, 3.8) is 0 Å². The third kappa shape index (κ3) is 2.77. The highest BCUT2D eigenvalue weighted by molar-refractivity contribution is 6.20. The molecule has 1 saturated carbocycles. The number of allylic oxidation sites excluding steroid dienone is 1. The maximum Gasteiger partial charge on any atom is 0.176 e. The Morgan fingerprint density at radius 3 is 2.18 bits per heavy atom. The molecule has 0 atom stereocenters. The minimum Gasteiger partial charge on any atom is -0.294 e. The van der Waals surface area contributed by atoms with Crippen molar-refractivity contribution in [2.45, 2.75) is 19.8 Å². The Kier molecular flexibility index (Phi) is 3.76. The lowest BCUT2D eigenvalue weighted by Gasteiger charge is -2.10. The van der Waals surface area contributed by atoms with Crippen molar-refractivity contribution in [2.75, 3.05) is 0 Å². The summed E-state index contributed by atoms with van der Waals surface area (Å²) < 4.78 is 0. The smallest absolute Gasteiger partial charge is 0.176 e. The molecular formula is C20H18O2. The topological polar surface area (TPSA) is 34.1 Å². The number of ketones is 2. The summed E-state index contributed by atoms with van der Waals surface area (Å²) in [6.45, 7) is 2.02. The van der Waals surface area contributed by atoms with E-state index in [1.54, 1.807) is 24.3 Å². The highest BCUT2D eigenvalue weighted by Gasteiger charge is 2.54. The summed E-state index contributed by atoms with van der Waals surface area (Å²) in [5, 5.41) is 0. The lowest BCUT2D eigenvalue weighted by atomic mass is 9.90. The molecular weight excluding hydrogens is 272 g/mol. The largest absolute Gasteiger partial charge is 0.294 e. The molecule has 1 aliphatic rings. The standard InChI is InChI=1S/C20H18O2/c1-15-7-9-16(10-8-15)11-12-18(21)20(13-14-20)19(22)17-5-3-2-4-6-17/h2-12H,13-14H2,1H3/b12-11-. The minimum absolute atomic E-state index is 0.0494. The second kappa shape index (κ2) is 5.72. The quantitative estimate of drug-likeness (QED) is 0.469. The maximum atomic E-state index is 12.6. The number of aryl methyl sites for hydroxylation is 1. The Morgan fingerprint density at radius 1 is 0.955 bits per heavy atom. The van der Waals surface area contributed by atoms with Crippen LogP contribution in [0.4, 0.5) is 0 Å². The summed E-state index contributed by atoms with van der Waals surface area (Å²) in [7, 11) is 0. The molecule has 1 aliphatic carbocycles. The lowest BCUT2D eigenvalue weighted by molar-refractivity contribution is -0.117. The van der Waals surface area contributed by atoms with E-state index in [2.05, 4.69) is 0 Å². The summed E-state index contributed by atoms with van der Waals surface area (Å²) >= 11 is 0. The number of hydrogen-bond donors (Lipinski definition) is 0. The van der Waals surface area contributed by atoms with Crippen molar-refractivity contribution in [3.05, 3.63) is 77.4 Å². The molecule has 2 aromatic carbocycles. The van der Waals surface area contributed by atoms with Crippen LogP contribution in [0.2, 0.25) is 0 Å². The van der Waals surface area contributed by atoms with Gasteiger partial charge in [0.05, 0.1) is 5.41 Å². The molecule has 22 heavy (non-hydrogen) atoms. The van der Waals surface area contributed by atoms with Crippen LogP contribution in [0.1, 0.15) is 34.3 Å². The molecule has 0 N–H and O–H groups in total. The molecule has 1 fully saturated rings. The molecule has 110 valence electrons. The minimum atomic E-state index is -0.817. The van der Waals surface area contributed by atoms with E-state index in [1.807, 2.05) is 49.4 Å². The van der Waals surface area contributed by atoms with Crippen LogP contribution in [0.25, 0.3) is 6.08 Å². The van der Waals surface area contributed by atoms with E-state index in [0.717, 1.165) is 5.56 Å². The van der Waals surface area contributed by atoms with Crippen molar-refractivity contribution >= 4 is 17.6 Å². The molecule has 2 aromatic rings. The number of Topliss-reactive ketones (excluding diaryl/α,β-unsaturated/α-hetero) is 1. The van der Waals surface area contributed by atoms with Gasteiger partial charge in [-0.1, -0.05) is 66.2 Å². The predicted molar refractivity (Wildman–Crippen MR) is 87.7 cm³/mol. The van der Waals surface area contributed by atoms with Gasteiger partial charge in [0.1, 0.15) is 0 Å². The third-order valence-electron chi connectivity index (χ3n) is 4.20. The average molecular weight is 290 g/mol. The van der Waals surface area contributed by atoms with E-state index in [0.29, 0.717) is 18.4 Å². The highest BCUT2D eigenvalue weighted by atomic mass is 16.2. The van der Waals surface area contributed by atoms with Crippen LogP contribution in [0, 0.1) is 12.3 Å². The van der Waals surface area contributed by atoms with Crippen LogP contribution in [0.5, 0.6) is 0 Å². The van der Waals surface area contributed by atoms with Crippen LogP contribution >= 0.6 is 0 Å². The molecule has 0 unspecified atom stereocenters. The number of carbonyl (C=O) groups is 2. The first-order valence-electron chi connectivity index (χ1n) is 7.51. The zero-order valence-electron chi connectivity index (χ0n) is 12.6. The van der Waals surface area contributed by atoms with Crippen molar-refractivity contribution in [3.8, 4) is 0 Å². The van der Waals surface area contributed by atoms with Crippen LogP contribution in [0.15, 0.2) is 60.7 Å². The molecule has 0 heterocycles. The van der Waals surface area contributed by atoms with Crippen LogP contribution < -0.4 is 0 Å². The number of benzene rings is 2. The Labute approximate surface area is 130 Å². The van der Waals surface area contributed by atoms with Gasteiger partial charge in [-0.15, -0.1) is 0 Å². The first kappa shape index (κ1) is 14.5. The summed E-state index contributed by atoms with van der Waals surface area (Å²) in [6.07, 6.45) is 4.65. The van der Waals surface area contributed by atoms with E-state index in [1.165, 1.54) is 5.56 Å². The third-order valence-corrected chi connectivity index (χ3v) is 4.20. The molecule has 0 amide bonds. The fraction of sp³-hybridized carbons (Fsp3) is 0.200.